The normalized spacial score (nSPS) is 10.9. The summed E-state index contributed by atoms with van der Waals surface area (Å²) in [7, 11) is -0.395. The number of nitrogens with one attached hydrogen (secondary N) is 1. The number of anilines is 1. The minimum atomic E-state index is -3.38. The molecule has 0 aliphatic rings. The zero-order chi connectivity index (χ0) is 12.2. The minimum Gasteiger partial charge on any atom is -0.497 e. The molecule has 16 heavy (non-hydrogen) atoms. The van der Waals surface area contributed by atoms with Crippen molar-refractivity contribution in [3.05, 3.63) is 18.2 Å². The number of hydrogen-bond acceptors (Lipinski definition) is 4. The second kappa shape index (κ2) is 5.40. The average molecular weight is 310 g/mol. The molecule has 7 heteroatoms. The first-order valence-corrected chi connectivity index (χ1v) is 7.08. The second-order valence-corrected chi connectivity index (χ2v) is 5.92. The van der Waals surface area contributed by atoms with Gasteiger partial charge in [0, 0.05) is 6.07 Å². The molecule has 1 aromatic carbocycles. The molecule has 0 aliphatic heterocycles. The van der Waals surface area contributed by atoms with Crippen LogP contribution in [0.4, 0.5) is 5.69 Å². The number of ether oxygens (including phenoxy) is 2. The summed E-state index contributed by atoms with van der Waals surface area (Å²) < 4.78 is 35.0. The first-order valence-electron chi connectivity index (χ1n) is 4.31. The number of sulfonamides is 1. The Labute approximate surface area is 103 Å². The molecule has 0 aromatic heterocycles. The van der Waals surface area contributed by atoms with Gasteiger partial charge in [-0.05, 0) is 12.1 Å². The predicted molar refractivity (Wildman–Crippen MR) is 65.9 cm³/mol. The topological polar surface area (TPSA) is 64.6 Å². The molecule has 0 unspecified atom stereocenters. The van der Waals surface area contributed by atoms with Gasteiger partial charge in [-0.25, -0.2) is 8.42 Å². The number of hydrogen-bond donors (Lipinski definition) is 1. The van der Waals surface area contributed by atoms with E-state index >= 15 is 0 Å². The molecular formula is C9H12BrNO4S. The van der Waals surface area contributed by atoms with E-state index in [0.717, 1.165) is 0 Å². The molecule has 90 valence electrons. The molecule has 0 atom stereocenters. The third-order valence-corrected chi connectivity index (χ3v) is 4.44. The zero-order valence-electron chi connectivity index (χ0n) is 8.86. The van der Waals surface area contributed by atoms with Crippen molar-refractivity contribution in [1.82, 2.24) is 0 Å². The lowest BCUT2D eigenvalue weighted by Crippen LogP contribution is -2.13. The van der Waals surface area contributed by atoms with Crippen molar-refractivity contribution in [2.75, 3.05) is 23.6 Å². The number of halogens is 1. The molecule has 0 spiro atoms. The van der Waals surface area contributed by atoms with Crippen molar-refractivity contribution in [2.24, 2.45) is 0 Å². The summed E-state index contributed by atoms with van der Waals surface area (Å²) in [5.41, 5.74) is 0.378. The van der Waals surface area contributed by atoms with Crippen molar-refractivity contribution < 1.29 is 17.9 Å². The SMILES string of the molecule is COc1ccc(NS(=O)(=O)CBr)c(OC)c1. The van der Waals surface area contributed by atoms with Crippen LogP contribution in [0.15, 0.2) is 18.2 Å². The first kappa shape index (κ1) is 13.1. The molecule has 1 rings (SSSR count). The highest BCUT2D eigenvalue weighted by atomic mass is 79.9. The fourth-order valence-corrected chi connectivity index (χ4v) is 1.98. The molecule has 0 radical (unpaired) electrons. The number of benzene rings is 1. The van der Waals surface area contributed by atoms with Crippen LogP contribution in [-0.2, 0) is 10.0 Å². The van der Waals surface area contributed by atoms with Crippen LogP contribution < -0.4 is 14.2 Å². The number of methoxy groups -OCH3 is 2. The molecule has 0 saturated carbocycles. The molecule has 0 heterocycles. The second-order valence-electron chi connectivity index (χ2n) is 2.89. The van der Waals surface area contributed by atoms with Crippen molar-refractivity contribution in [2.45, 2.75) is 0 Å². The van der Waals surface area contributed by atoms with Gasteiger partial charge in [0.15, 0.2) is 0 Å². The lowest BCUT2D eigenvalue weighted by atomic mass is 10.3. The standard InChI is InChI=1S/C9H12BrNO4S/c1-14-7-3-4-8(9(5-7)15-2)11-16(12,13)6-10/h3-5,11H,6H2,1-2H3. The van der Waals surface area contributed by atoms with E-state index in [1.807, 2.05) is 0 Å². The van der Waals surface area contributed by atoms with Gasteiger partial charge >= 0.3 is 0 Å². The van der Waals surface area contributed by atoms with E-state index in [1.165, 1.54) is 14.2 Å². The Hall–Kier alpha value is -0.950. The largest absolute Gasteiger partial charge is 0.497 e. The highest BCUT2D eigenvalue weighted by molar-refractivity contribution is 9.10. The van der Waals surface area contributed by atoms with E-state index in [2.05, 4.69) is 20.7 Å². The van der Waals surface area contributed by atoms with E-state index in [4.69, 9.17) is 9.47 Å². The van der Waals surface area contributed by atoms with Gasteiger partial charge in [-0.15, -0.1) is 0 Å². The predicted octanol–water partition coefficient (Wildman–Crippen LogP) is 1.80. The van der Waals surface area contributed by atoms with Crippen LogP contribution in [-0.4, -0.2) is 27.3 Å². The molecule has 1 aromatic rings. The molecule has 0 bridgehead atoms. The average Bonchev–Trinajstić information content (AvgIpc) is 2.29. The van der Waals surface area contributed by atoms with Gasteiger partial charge in [-0.1, -0.05) is 15.9 Å². The number of rotatable bonds is 5. The molecule has 0 saturated heterocycles. The Kier molecular flexibility index (Phi) is 4.43. The smallest absolute Gasteiger partial charge is 0.242 e. The Morgan fingerprint density at radius 3 is 2.50 bits per heavy atom. The maximum atomic E-state index is 11.3. The fourth-order valence-electron chi connectivity index (χ4n) is 1.08. The van der Waals surface area contributed by atoms with Gasteiger partial charge in [-0.3, -0.25) is 4.72 Å². The Bertz CT molecular complexity index is 461. The van der Waals surface area contributed by atoms with Gasteiger partial charge < -0.3 is 9.47 Å². The third-order valence-electron chi connectivity index (χ3n) is 1.82. The van der Waals surface area contributed by atoms with Crippen LogP contribution in [0.25, 0.3) is 0 Å². The van der Waals surface area contributed by atoms with E-state index in [0.29, 0.717) is 17.2 Å². The number of alkyl halides is 1. The summed E-state index contributed by atoms with van der Waals surface area (Å²) in [6, 6.07) is 4.83. The van der Waals surface area contributed by atoms with Gasteiger partial charge in [0.25, 0.3) is 0 Å². The van der Waals surface area contributed by atoms with Crippen LogP contribution >= 0.6 is 15.9 Å². The Morgan fingerprint density at radius 1 is 1.31 bits per heavy atom. The van der Waals surface area contributed by atoms with Crippen molar-refractivity contribution in [3.63, 3.8) is 0 Å². The maximum Gasteiger partial charge on any atom is 0.242 e. The minimum absolute atomic E-state index is 0.171. The Balaban J connectivity index is 3.05. The third kappa shape index (κ3) is 3.28. The molecule has 0 fully saturated rings. The van der Waals surface area contributed by atoms with Crippen molar-refractivity contribution in [3.8, 4) is 11.5 Å². The lowest BCUT2D eigenvalue weighted by molar-refractivity contribution is 0.395. The van der Waals surface area contributed by atoms with Gasteiger partial charge in [0.1, 0.15) is 16.2 Å². The summed E-state index contributed by atoms with van der Waals surface area (Å²) in [6.45, 7) is 0. The van der Waals surface area contributed by atoms with E-state index in [1.54, 1.807) is 18.2 Å². The lowest BCUT2D eigenvalue weighted by Gasteiger charge is -2.11. The fraction of sp³-hybridized carbons (Fsp3) is 0.333. The van der Waals surface area contributed by atoms with Crippen LogP contribution in [0.3, 0.4) is 0 Å². The molecule has 1 N–H and O–H groups in total. The zero-order valence-corrected chi connectivity index (χ0v) is 11.3. The van der Waals surface area contributed by atoms with E-state index in [-0.39, 0.29) is 4.66 Å². The summed E-state index contributed by atoms with van der Waals surface area (Å²) in [4.78, 5) is 0. The van der Waals surface area contributed by atoms with Crippen LogP contribution in [0.1, 0.15) is 0 Å². The molecular weight excluding hydrogens is 298 g/mol. The maximum absolute atomic E-state index is 11.3. The summed E-state index contributed by atoms with van der Waals surface area (Å²) in [6.07, 6.45) is 0. The molecule has 0 amide bonds. The highest BCUT2D eigenvalue weighted by Gasteiger charge is 2.12. The first-order chi connectivity index (χ1) is 7.52. The quantitative estimate of drug-likeness (QED) is 0.842. The van der Waals surface area contributed by atoms with Gasteiger partial charge in [0.05, 0.1) is 19.9 Å². The van der Waals surface area contributed by atoms with E-state index in [9.17, 15) is 8.42 Å². The van der Waals surface area contributed by atoms with Gasteiger partial charge in [-0.2, -0.15) is 0 Å². The highest BCUT2D eigenvalue weighted by Crippen LogP contribution is 2.29. The summed E-state index contributed by atoms with van der Waals surface area (Å²) in [5, 5.41) is 0. The van der Waals surface area contributed by atoms with E-state index < -0.39 is 10.0 Å². The molecule has 0 aliphatic carbocycles. The van der Waals surface area contributed by atoms with Crippen LogP contribution in [0, 0.1) is 0 Å². The summed E-state index contributed by atoms with van der Waals surface area (Å²) in [5.74, 6) is 1.00. The van der Waals surface area contributed by atoms with Crippen LogP contribution in [0.2, 0.25) is 0 Å². The van der Waals surface area contributed by atoms with Crippen LogP contribution in [0.5, 0.6) is 11.5 Å². The molecule has 5 nitrogen and oxygen atoms in total. The van der Waals surface area contributed by atoms with Crippen molar-refractivity contribution >= 4 is 31.6 Å². The Morgan fingerprint density at radius 2 is 2.00 bits per heavy atom. The summed E-state index contributed by atoms with van der Waals surface area (Å²) >= 11 is 2.89. The van der Waals surface area contributed by atoms with Gasteiger partial charge in [0.2, 0.25) is 10.0 Å². The monoisotopic (exact) mass is 309 g/mol. The van der Waals surface area contributed by atoms with Crippen molar-refractivity contribution in [1.29, 1.82) is 0 Å².